The second-order valence-corrected chi connectivity index (χ2v) is 5.29. The summed E-state index contributed by atoms with van der Waals surface area (Å²) < 4.78 is 29.8. The molecule has 0 unspecified atom stereocenters. The molecule has 0 heterocycles. The quantitative estimate of drug-likeness (QED) is 0.386. The van der Waals surface area contributed by atoms with E-state index in [2.05, 4.69) is 13.8 Å². The van der Waals surface area contributed by atoms with E-state index in [-0.39, 0.29) is 5.82 Å². The summed E-state index contributed by atoms with van der Waals surface area (Å²) in [5, 5.41) is 0. The average molecular weight is 318 g/mol. The van der Waals surface area contributed by atoms with Crippen LogP contribution in [0.1, 0.15) is 53.4 Å². The Hall–Kier alpha value is -0.700. The lowest BCUT2D eigenvalue weighted by Crippen LogP contribution is -2.00. The van der Waals surface area contributed by atoms with Gasteiger partial charge in [0.15, 0.2) is 0 Å². The van der Waals surface area contributed by atoms with Gasteiger partial charge in [-0.2, -0.15) is 0 Å². The number of hydrogen-bond donors (Lipinski definition) is 0. The van der Waals surface area contributed by atoms with Crippen LogP contribution in [0.25, 0.3) is 0 Å². The lowest BCUT2D eigenvalue weighted by molar-refractivity contribution is 0.201. The molecule has 0 fully saturated rings. The van der Waals surface area contributed by atoms with Gasteiger partial charge >= 0.3 is 8.60 Å². The van der Waals surface area contributed by atoms with Crippen molar-refractivity contribution in [1.82, 2.24) is 0 Å². The van der Waals surface area contributed by atoms with Gasteiger partial charge in [0.1, 0.15) is 11.6 Å². The molecule has 0 saturated heterocycles. The van der Waals surface area contributed by atoms with Crippen LogP contribution < -0.4 is 4.52 Å². The van der Waals surface area contributed by atoms with Gasteiger partial charge in [0.25, 0.3) is 0 Å². The maximum absolute atomic E-state index is 13.1. The Morgan fingerprint density at radius 3 is 2.05 bits per heavy atom. The number of hydrogen-bond acceptors (Lipinski definition) is 3. The van der Waals surface area contributed by atoms with Gasteiger partial charge in [-0.25, -0.2) is 4.39 Å². The highest BCUT2D eigenvalue weighted by atomic mass is 31.2. The largest absolute Gasteiger partial charge is 0.427 e. The zero-order valence-electron chi connectivity index (χ0n) is 13.6. The van der Waals surface area contributed by atoms with E-state index >= 15 is 0 Å². The van der Waals surface area contributed by atoms with E-state index in [1.807, 2.05) is 13.8 Å². The Morgan fingerprint density at radius 1 is 1.00 bits per heavy atom. The molecule has 0 spiro atoms. The molecule has 0 atom stereocenters. The molecule has 1 aromatic rings. The summed E-state index contributed by atoms with van der Waals surface area (Å²) in [6, 6.07) is 6.02. The highest BCUT2D eigenvalue weighted by molar-refractivity contribution is 7.42. The van der Waals surface area contributed by atoms with Crippen molar-refractivity contribution in [2.24, 2.45) is 0 Å². The molecule has 0 aromatic heterocycles. The van der Waals surface area contributed by atoms with Gasteiger partial charge < -0.3 is 13.6 Å². The number of rotatable bonds is 10. The van der Waals surface area contributed by atoms with E-state index < -0.39 is 8.60 Å². The molecule has 122 valence electrons. The van der Waals surface area contributed by atoms with Gasteiger partial charge in [-0.1, -0.05) is 46.6 Å². The third-order valence-corrected chi connectivity index (χ3v) is 3.51. The molecule has 0 bridgehead atoms. The molecule has 3 nitrogen and oxygen atoms in total. The second-order valence-electron chi connectivity index (χ2n) is 4.15. The smallest absolute Gasteiger partial charge is 0.397 e. The monoisotopic (exact) mass is 318 g/mol. The van der Waals surface area contributed by atoms with Gasteiger partial charge in [0.05, 0.1) is 13.2 Å². The fourth-order valence-corrected chi connectivity index (χ4v) is 2.29. The van der Waals surface area contributed by atoms with E-state index in [9.17, 15) is 4.39 Å². The van der Waals surface area contributed by atoms with Crippen molar-refractivity contribution >= 4 is 8.60 Å². The molecule has 5 heteroatoms. The van der Waals surface area contributed by atoms with Crippen molar-refractivity contribution < 1.29 is 18.0 Å². The van der Waals surface area contributed by atoms with Crippen molar-refractivity contribution in [3.63, 3.8) is 0 Å². The molecular weight excluding hydrogens is 290 g/mol. The van der Waals surface area contributed by atoms with Crippen LogP contribution in [-0.2, 0) is 9.05 Å². The predicted molar refractivity (Wildman–Crippen MR) is 87.0 cm³/mol. The van der Waals surface area contributed by atoms with Crippen LogP contribution in [0.2, 0.25) is 0 Å². The van der Waals surface area contributed by atoms with E-state index in [1.54, 1.807) is 12.1 Å². The molecular formula is C16H28FO3P. The zero-order valence-corrected chi connectivity index (χ0v) is 14.5. The van der Waals surface area contributed by atoms with E-state index in [4.69, 9.17) is 13.6 Å². The van der Waals surface area contributed by atoms with Crippen LogP contribution in [0, 0.1) is 5.82 Å². The van der Waals surface area contributed by atoms with Gasteiger partial charge in [-0.05, 0) is 25.0 Å². The topological polar surface area (TPSA) is 27.7 Å². The van der Waals surface area contributed by atoms with E-state index in [1.165, 1.54) is 12.1 Å². The van der Waals surface area contributed by atoms with E-state index in [0.717, 1.165) is 25.7 Å². The number of benzene rings is 1. The molecule has 0 saturated carbocycles. The average Bonchev–Trinajstić information content (AvgIpc) is 2.49. The highest BCUT2D eigenvalue weighted by Gasteiger charge is 2.14. The highest BCUT2D eigenvalue weighted by Crippen LogP contribution is 2.41. The first-order valence-corrected chi connectivity index (χ1v) is 8.85. The first kappa shape index (κ1) is 20.3. The summed E-state index contributed by atoms with van der Waals surface area (Å²) >= 11 is 0. The Balaban J connectivity index is 0.00000191. The molecule has 0 aliphatic carbocycles. The molecule has 0 amide bonds. The van der Waals surface area contributed by atoms with Crippen molar-refractivity contribution in [3.8, 4) is 5.75 Å². The Kier molecular flexibility index (Phi) is 13.8. The molecule has 21 heavy (non-hydrogen) atoms. The van der Waals surface area contributed by atoms with Crippen LogP contribution in [0.3, 0.4) is 0 Å². The lowest BCUT2D eigenvalue weighted by atomic mass is 10.3. The first-order valence-electron chi connectivity index (χ1n) is 7.75. The third kappa shape index (κ3) is 10.6. The van der Waals surface area contributed by atoms with Crippen molar-refractivity contribution in [3.05, 3.63) is 30.1 Å². The molecule has 0 N–H and O–H groups in total. The zero-order chi connectivity index (χ0) is 15.9. The standard InChI is InChI=1S/C14H22FO3P.C2H6/c1-3-5-10-16-19(17-11-6-4-2)18-14-9-7-8-13(15)12-14;1-2/h7-9,12H,3-6,10-11H2,1-2H3;1-2H3. The third-order valence-electron chi connectivity index (χ3n) is 2.37. The number of unbranched alkanes of at least 4 members (excludes halogenated alkanes) is 2. The van der Waals surface area contributed by atoms with Crippen molar-refractivity contribution in [2.75, 3.05) is 13.2 Å². The van der Waals surface area contributed by atoms with Crippen molar-refractivity contribution in [1.29, 1.82) is 0 Å². The molecule has 0 aliphatic heterocycles. The minimum absolute atomic E-state index is 0.324. The summed E-state index contributed by atoms with van der Waals surface area (Å²) in [7, 11) is -1.44. The SMILES string of the molecule is CC.CCCCOP(OCCCC)Oc1cccc(F)c1. The fraction of sp³-hybridized carbons (Fsp3) is 0.625. The number of halogens is 1. The molecule has 1 rings (SSSR count). The van der Waals surface area contributed by atoms with Crippen molar-refractivity contribution in [2.45, 2.75) is 53.4 Å². The molecule has 0 aliphatic rings. The Bertz CT molecular complexity index is 340. The minimum atomic E-state index is -1.44. The summed E-state index contributed by atoms with van der Waals surface area (Å²) in [6.07, 6.45) is 4.03. The molecule has 1 aromatic carbocycles. The van der Waals surface area contributed by atoms with E-state index in [0.29, 0.717) is 19.0 Å². The lowest BCUT2D eigenvalue weighted by Gasteiger charge is -2.17. The van der Waals surface area contributed by atoms with Crippen LogP contribution >= 0.6 is 8.60 Å². The van der Waals surface area contributed by atoms with Gasteiger partial charge in [0.2, 0.25) is 0 Å². The summed E-state index contributed by atoms with van der Waals surface area (Å²) in [5.74, 6) is 0.119. The summed E-state index contributed by atoms with van der Waals surface area (Å²) in [4.78, 5) is 0. The van der Waals surface area contributed by atoms with Crippen LogP contribution in [-0.4, -0.2) is 13.2 Å². The fourth-order valence-electron chi connectivity index (χ4n) is 1.27. The van der Waals surface area contributed by atoms with Crippen LogP contribution in [0.5, 0.6) is 5.75 Å². The van der Waals surface area contributed by atoms with Gasteiger partial charge in [0, 0.05) is 6.07 Å². The normalized spacial score (nSPS) is 10.2. The second kappa shape index (κ2) is 14.2. The maximum Gasteiger partial charge on any atom is 0.397 e. The molecule has 0 radical (unpaired) electrons. The first-order chi connectivity index (χ1) is 10.3. The van der Waals surface area contributed by atoms with Gasteiger partial charge in [-0.15, -0.1) is 0 Å². The van der Waals surface area contributed by atoms with Gasteiger partial charge in [-0.3, -0.25) is 0 Å². The van der Waals surface area contributed by atoms with Crippen LogP contribution in [0.15, 0.2) is 24.3 Å². The Labute approximate surface area is 129 Å². The maximum atomic E-state index is 13.1. The predicted octanol–water partition coefficient (Wildman–Crippen LogP) is 6.09. The van der Waals surface area contributed by atoms with Crippen LogP contribution in [0.4, 0.5) is 4.39 Å². The summed E-state index contributed by atoms with van der Waals surface area (Å²) in [5.41, 5.74) is 0. The summed E-state index contributed by atoms with van der Waals surface area (Å²) in [6.45, 7) is 9.39. The minimum Gasteiger partial charge on any atom is -0.427 e. The Morgan fingerprint density at radius 2 is 1.57 bits per heavy atom.